The third-order valence-electron chi connectivity index (χ3n) is 3.88. The monoisotopic (exact) mass is 262 g/mol. The van der Waals surface area contributed by atoms with Gasteiger partial charge in [0.05, 0.1) is 13.2 Å². The Balaban J connectivity index is 1.95. The highest BCUT2D eigenvalue weighted by Crippen LogP contribution is 2.18. The zero-order valence-electron chi connectivity index (χ0n) is 11.7. The van der Waals surface area contributed by atoms with Crippen LogP contribution in [0.5, 0.6) is 0 Å². The van der Waals surface area contributed by atoms with Crippen molar-refractivity contribution in [2.75, 3.05) is 26.7 Å². The van der Waals surface area contributed by atoms with Gasteiger partial charge in [0.2, 0.25) is 5.91 Å². The van der Waals surface area contributed by atoms with Crippen LogP contribution >= 0.6 is 0 Å². The first kappa shape index (κ1) is 14.0. The van der Waals surface area contributed by atoms with Gasteiger partial charge in [-0.05, 0) is 31.5 Å². The number of benzene rings is 1. The standard InChI is InChI=1S/C15H22N2O2/c1-12(11-18)16(2)10-15(19)17-8-7-13-5-3-4-6-14(13)9-17/h3-6,12,18H,7-11H2,1-2H3. The molecule has 0 saturated heterocycles. The van der Waals surface area contributed by atoms with E-state index in [1.54, 1.807) is 0 Å². The van der Waals surface area contributed by atoms with Crippen LogP contribution in [0.25, 0.3) is 0 Å². The fourth-order valence-electron chi connectivity index (χ4n) is 2.32. The summed E-state index contributed by atoms with van der Waals surface area (Å²) in [5.74, 6) is 0.136. The van der Waals surface area contributed by atoms with Crippen LogP contribution in [0.4, 0.5) is 0 Å². The molecule has 2 rings (SSSR count). The zero-order chi connectivity index (χ0) is 13.8. The van der Waals surface area contributed by atoms with E-state index < -0.39 is 0 Å². The minimum Gasteiger partial charge on any atom is -0.395 e. The lowest BCUT2D eigenvalue weighted by atomic mass is 10.00. The Hall–Kier alpha value is -1.39. The maximum Gasteiger partial charge on any atom is 0.237 e. The molecular formula is C15H22N2O2. The molecular weight excluding hydrogens is 240 g/mol. The van der Waals surface area contributed by atoms with Gasteiger partial charge < -0.3 is 10.0 Å². The Morgan fingerprint density at radius 3 is 2.79 bits per heavy atom. The van der Waals surface area contributed by atoms with Crippen molar-refractivity contribution >= 4 is 5.91 Å². The highest BCUT2D eigenvalue weighted by molar-refractivity contribution is 5.78. The number of likely N-dealkylation sites (N-methyl/N-ethyl adjacent to an activating group) is 1. The van der Waals surface area contributed by atoms with Crippen LogP contribution in [-0.4, -0.2) is 53.6 Å². The van der Waals surface area contributed by atoms with E-state index in [-0.39, 0.29) is 18.6 Å². The SMILES string of the molecule is CC(CO)N(C)CC(=O)N1CCc2ccccc2C1. The summed E-state index contributed by atoms with van der Waals surface area (Å²) >= 11 is 0. The van der Waals surface area contributed by atoms with Crippen molar-refractivity contribution in [3.8, 4) is 0 Å². The van der Waals surface area contributed by atoms with Crippen LogP contribution in [0.15, 0.2) is 24.3 Å². The number of hydrogen-bond acceptors (Lipinski definition) is 3. The molecule has 0 bridgehead atoms. The van der Waals surface area contributed by atoms with Gasteiger partial charge in [-0.25, -0.2) is 0 Å². The molecule has 1 heterocycles. The Kier molecular flexibility index (Phi) is 4.56. The molecule has 0 aliphatic carbocycles. The van der Waals surface area contributed by atoms with Gasteiger partial charge in [-0.1, -0.05) is 24.3 Å². The second-order valence-electron chi connectivity index (χ2n) is 5.28. The Morgan fingerprint density at radius 2 is 2.11 bits per heavy atom. The van der Waals surface area contributed by atoms with Gasteiger partial charge in [0.15, 0.2) is 0 Å². The van der Waals surface area contributed by atoms with Crippen LogP contribution in [-0.2, 0) is 17.8 Å². The van der Waals surface area contributed by atoms with Crippen LogP contribution in [0, 0.1) is 0 Å². The molecule has 1 amide bonds. The third-order valence-corrected chi connectivity index (χ3v) is 3.88. The summed E-state index contributed by atoms with van der Waals surface area (Å²) < 4.78 is 0. The molecule has 4 nitrogen and oxygen atoms in total. The molecule has 104 valence electrons. The summed E-state index contributed by atoms with van der Waals surface area (Å²) in [6.45, 7) is 3.85. The average molecular weight is 262 g/mol. The summed E-state index contributed by atoms with van der Waals surface area (Å²) in [6, 6.07) is 8.31. The number of carbonyl (C=O) groups excluding carboxylic acids is 1. The molecule has 1 aromatic rings. The van der Waals surface area contributed by atoms with Gasteiger partial charge in [0.25, 0.3) is 0 Å². The minimum absolute atomic E-state index is 0.0148. The van der Waals surface area contributed by atoms with Gasteiger partial charge in [-0.2, -0.15) is 0 Å². The van der Waals surface area contributed by atoms with Gasteiger partial charge in [0, 0.05) is 19.1 Å². The Bertz CT molecular complexity index is 448. The fraction of sp³-hybridized carbons (Fsp3) is 0.533. The molecule has 0 radical (unpaired) electrons. The number of carbonyl (C=O) groups is 1. The molecule has 1 unspecified atom stereocenters. The van der Waals surface area contributed by atoms with Crippen molar-refractivity contribution in [2.45, 2.75) is 25.9 Å². The van der Waals surface area contributed by atoms with E-state index in [0.29, 0.717) is 13.1 Å². The number of aliphatic hydroxyl groups is 1. The summed E-state index contributed by atoms with van der Waals surface area (Å²) in [5, 5.41) is 9.09. The normalized spacial score (nSPS) is 16.3. The maximum atomic E-state index is 12.2. The smallest absolute Gasteiger partial charge is 0.237 e. The van der Waals surface area contributed by atoms with Crippen LogP contribution in [0.2, 0.25) is 0 Å². The molecule has 19 heavy (non-hydrogen) atoms. The van der Waals surface area contributed by atoms with E-state index in [0.717, 1.165) is 13.0 Å². The number of fused-ring (bicyclic) bond motifs is 1. The fourth-order valence-corrected chi connectivity index (χ4v) is 2.32. The van der Waals surface area contributed by atoms with Crippen molar-refractivity contribution < 1.29 is 9.90 Å². The molecule has 4 heteroatoms. The predicted molar refractivity (Wildman–Crippen MR) is 74.7 cm³/mol. The molecule has 0 aromatic heterocycles. The topological polar surface area (TPSA) is 43.8 Å². The second kappa shape index (κ2) is 6.17. The number of rotatable bonds is 4. The summed E-state index contributed by atoms with van der Waals surface area (Å²) in [4.78, 5) is 16.0. The van der Waals surface area contributed by atoms with E-state index in [2.05, 4.69) is 12.1 Å². The molecule has 0 fully saturated rings. The van der Waals surface area contributed by atoms with Crippen molar-refractivity contribution in [1.29, 1.82) is 0 Å². The largest absolute Gasteiger partial charge is 0.395 e. The first-order valence-electron chi connectivity index (χ1n) is 6.77. The number of hydrogen-bond donors (Lipinski definition) is 1. The molecule has 1 aliphatic rings. The molecule has 1 aliphatic heterocycles. The van der Waals surface area contributed by atoms with Crippen molar-refractivity contribution in [2.24, 2.45) is 0 Å². The van der Waals surface area contributed by atoms with Gasteiger partial charge >= 0.3 is 0 Å². The first-order valence-corrected chi connectivity index (χ1v) is 6.77. The van der Waals surface area contributed by atoms with Crippen molar-refractivity contribution in [1.82, 2.24) is 9.80 Å². The lowest BCUT2D eigenvalue weighted by Crippen LogP contribution is -2.44. The summed E-state index contributed by atoms with van der Waals surface area (Å²) in [5.41, 5.74) is 2.60. The Morgan fingerprint density at radius 1 is 1.42 bits per heavy atom. The summed E-state index contributed by atoms with van der Waals surface area (Å²) in [7, 11) is 1.87. The zero-order valence-corrected chi connectivity index (χ0v) is 11.7. The second-order valence-corrected chi connectivity index (χ2v) is 5.28. The minimum atomic E-state index is 0.0148. The highest BCUT2D eigenvalue weighted by atomic mass is 16.3. The van der Waals surface area contributed by atoms with Crippen LogP contribution in [0.3, 0.4) is 0 Å². The molecule has 0 spiro atoms. The van der Waals surface area contributed by atoms with Gasteiger partial charge in [-0.3, -0.25) is 9.69 Å². The van der Waals surface area contributed by atoms with E-state index >= 15 is 0 Å². The number of amides is 1. The van der Waals surface area contributed by atoms with E-state index in [1.807, 2.05) is 35.9 Å². The highest BCUT2D eigenvalue weighted by Gasteiger charge is 2.22. The lowest BCUT2D eigenvalue weighted by molar-refractivity contribution is -0.133. The molecule has 1 atom stereocenters. The molecule has 0 saturated carbocycles. The van der Waals surface area contributed by atoms with E-state index in [1.165, 1.54) is 11.1 Å². The summed E-state index contributed by atoms with van der Waals surface area (Å²) in [6.07, 6.45) is 0.932. The number of nitrogens with zero attached hydrogens (tertiary/aromatic N) is 2. The van der Waals surface area contributed by atoms with E-state index in [4.69, 9.17) is 5.11 Å². The molecule has 1 aromatic carbocycles. The van der Waals surface area contributed by atoms with Crippen LogP contribution < -0.4 is 0 Å². The quantitative estimate of drug-likeness (QED) is 0.876. The van der Waals surface area contributed by atoms with Crippen molar-refractivity contribution in [3.63, 3.8) is 0 Å². The lowest BCUT2D eigenvalue weighted by Gasteiger charge is -2.31. The van der Waals surface area contributed by atoms with Gasteiger partial charge in [-0.15, -0.1) is 0 Å². The number of aliphatic hydroxyl groups excluding tert-OH is 1. The van der Waals surface area contributed by atoms with Crippen LogP contribution in [0.1, 0.15) is 18.1 Å². The Labute approximate surface area is 114 Å². The maximum absolute atomic E-state index is 12.2. The first-order chi connectivity index (χ1) is 9.11. The van der Waals surface area contributed by atoms with E-state index in [9.17, 15) is 4.79 Å². The third kappa shape index (κ3) is 3.33. The van der Waals surface area contributed by atoms with Crippen molar-refractivity contribution in [3.05, 3.63) is 35.4 Å². The molecule has 1 N–H and O–H groups in total. The van der Waals surface area contributed by atoms with Gasteiger partial charge in [0.1, 0.15) is 0 Å². The average Bonchev–Trinajstić information content (AvgIpc) is 2.45. The predicted octanol–water partition coefficient (Wildman–Crippen LogP) is 0.884.